The van der Waals surface area contributed by atoms with E-state index in [1.807, 2.05) is 26.0 Å². The van der Waals surface area contributed by atoms with E-state index in [1.54, 1.807) is 18.2 Å². The van der Waals surface area contributed by atoms with Crippen molar-refractivity contribution >= 4 is 21.6 Å². The highest BCUT2D eigenvalue weighted by Gasteiger charge is 2.22. The fourth-order valence-electron chi connectivity index (χ4n) is 2.10. The van der Waals surface area contributed by atoms with Gasteiger partial charge in [-0.25, -0.2) is 8.42 Å². The molecule has 0 atom stereocenters. The molecule has 2 rings (SSSR count). The summed E-state index contributed by atoms with van der Waals surface area (Å²) < 4.78 is 30.0. The molecule has 0 saturated heterocycles. The Hall–Kier alpha value is -2.12. The molecule has 0 radical (unpaired) electrons. The van der Waals surface area contributed by atoms with E-state index in [9.17, 15) is 13.2 Å². The molecule has 0 bridgehead atoms. The fraction of sp³-hybridized carbons (Fsp3) is 0.312. The standard InChI is InChI=1S/C16H20N2O4S/c1-12-6-4-8-15(13(12)2)17-16(19)11-18(23(3,20)21)10-14-7-5-9-22-14/h4-9H,10-11H2,1-3H3,(H,17,19). The van der Waals surface area contributed by atoms with Crippen molar-refractivity contribution in [2.75, 3.05) is 18.1 Å². The number of rotatable bonds is 6. The Kier molecular flexibility index (Phi) is 5.23. The molecule has 124 valence electrons. The van der Waals surface area contributed by atoms with Gasteiger partial charge < -0.3 is 9.73 Å². The van der Waals surface area contributed by atoms with E-state index in [4.69, 9.17) is 4.42 Å². The monoisotopic (exact) mass is 336 g/mol. The maximum absolute atomic E-state index is 12.2. The Morgan fingerprint density at radius 1 is 1.22 bits per heavy atom. The van der Waals surface area contributed by atoms with E-state index in [0.29, 0.717) is 11.4 Å². The summed E-state index contributed by atoms with van der Waals surface area (Å²) in [6, 6.07) is 8.92. The molecule has 0 aliphatic carbocycles. The minimum atomic E-state index is -3.53. The lowest BCUT2D eigenvalue weighted by molar-refractivity contribution is -0.116. The highest BCUT2D eigenvalue weighted by atomic mass is 32.2. The van der Waals surface area contributed by atoms with E-state index in [1.165, 1.54) is 6.26 Å². The van der Waals surface area contributed by atoms with Crippen LogP contribution in [0, 0.1) is 13.8 Å². The summed E-state index contributed by atoms with van der Waals surface area (Å²) in [7, 11) is -3.53. The van der Waals surface area contributed by atoms with E-state index < -0.39 is 15.9 Å². The largest absolute Gasteiger partial charge is 0.468 e. The molecular formula is C16H20N2O4S. The number of sulfonamides is 1. The lowest BCUT2D eigenvalue weighted by Crippen LogP contribution is -2.36. The van der Waals surface area contributed by atoms with Gasteiger partial charge in [0.1, 0.15) is 5.76 Å². The van der Waals surface area contributed by atoms with Gasteiger partial charge in [-0.3, -0.25) is 4.79 Å². The first-order valence-electron chi connectivity index (χ1n) is 7.11. The third-order valence-electron chi connectivity index (χ3n) is 3.58. The molecule has 1 N–H and O–H groups in total. The molecule has 0 unspecified atom stereocenters. The molecule has 23 heavy (non-hydrogen) atoms. The number of benzene rings is 1. The van der Waals surface area contributed by atoms with Crippen molar-refractivity contribution in [1.82, 2.24) is 4.31 Å². The second-order valence-electron chi connectivity index (χ2n) is 5.41. The SMILES string of the molecule is Cc1cccc(NC(=O)CN(Cc2ccco2)S(C)(=O)=O)c1C. The zero-order valence-corrected chi connectivity index (χ0v) is 14.2. The van der Waals surface area contributed by atoms with Crippen molar-refractivity contribution in [3.8, 4) is 0 Å². The van der Waals surface area contributed by atoms with Crippen LogP contribution in [0.5, 0.6) is 0 Å². The lowest BCUT2D eigenvalue weighted by atomic mass is 10.1. The Bertz CT molecular complexity index is 782. The number of nitrogens with zero attached hydrogens (tertiary/aromatic N) is 1. The zero-order valence-electron chi connectivity index (χ0n) is 13.4. The van der Waals surface area contributed by atoms with Gasteiger partial charge in [-0.05, 0) is 43.2 Å². The van der Waals surface area contributed by atoms with Crippen LogP contribution in [0.3, 0.4) is 0 Å². The Balaban J connectivity index is 2.10. The molecule has 2 aromatic rings. The number of carbonyl (C=O) groups excluding carboxylic acids is 1. The summed E-state index contributed by atoms with van der Waals surface area (Å²) in [5.74, 6) is 0.0886. The van der Waals surface area contributed by atoms with E-state index in [0.717, 1.165) is 21.7 Å². The molecular weight excluding hydrogens is 316 g/mol. The number of amides is 1. The Morgan fingerprint density at radius 3 is 2.57 bits per heavy atom. The maximum Gasteiger partial charge on any atom is 0.239 e. The van der Waals surface area contributed by atoms with Crippen LogP contribution in [0.2, 0.25) is 0 Å². The lowest BCUT2D eigenvalue weighted by Gasteiger charge is -2.19. The average Bonchev–Trinajstić information content (AvgIpc) is 2.95. The van der Waals surface area contributed by atoms with Crippen LogP contribution in [-0.4, -0.2) is 31.4 Å². The second-order valence-corrected chi connectivity index (χ2v) is 7.39. The van der Waals surface area contributed by atoms with Crippen molar-refractivity contribution in [2.24, 2.45) is 0 Å². The van der Waals surface area contributed by atoms with Crippen LogP contribution in [0.4, 0.5) is 5.69 Å². The van der Waals surface area contributed by atoms with Crippen molar-refractivity contribution in [3.63, 3.8) is 0 Å². The number of anilines is 1. The predicted octanol–water partition coefficient (Wildman–Crippen LogP) is 2.30. The zero-order chi connectivity index (χ0) is 17.0. The van der Waals surface area contributed by atoms with Gasteiger partial charge in [-0.1, -0.05) is 12.1 Å². The van der Waals surface area contributed by atoms with Crippen LogP contribution < -0.4 is 5.32 Å². The number of carbonyl (C=O) groups is 1. The van der Waals surface area contributed by atoms with E-state index >= 15 is 0 Å². The van der Waals surface area contributed by atoms with Gasteiger partial charge in [0.05, 0.1) is 25.6 Å². The number of nitrogens with one attached hydrogen (secondary N) is 1. The van der Waals surface area contributed by atoms with Crippen molar-refractivity contribution in [3.05, 3.63) is 53.5 Å². The van der Waals surface area contributed by atoms with Crippen molar-refractivity contribution in [1.29, 1.82) is 0 Å². The number of hydrogen-bond donors (Lipinski definition) is 1. The average molecular weight is 336 g/mol. The molecule has 1 heterocycles. The van der Waals surface area contributed by atoms with Gasteiger partial charge in [0.15, 0.2) is 0 Å². The van der Waals surface area contributed by atoms with Gasteiger partial charge in [-0.2, -0.15) is 4.31 Å². The van der Waals surface area contributed by atoms with Crippen LogP contribution in [0.25, 0.3) is 0 Å². The Morgan fingerprint density at radius 2 is 1.96 bits per heavy atom. The number of furan rings is 1. The summed E-state index contributed by atoms with van der Waals surface area (Å²) in [6.07, 6.45) is 2.53. The molecule has 1 amide bonds. The molecule has 0 saturated carbocycles. The molecule has 0 aliphatic heterocycles. The van der Waals surface area contributed by atoms with E-state index in [2.05, 4.69) is 5.32 Å². The predicted molar refractivity (Wildman–Crippen MR) is 88.5 cm³/mol. The highest BCUT2D eigenvalue weighted by Crippen LogP contribution is 2.18. The summed E-state index contributed by atoms with van der Waals surface area (Å²) in [4.78, 5) is 12.2. The van der Waals surface area contributed by atoms with Gasteiger partial charge in [0.2, 0.25) is 15.9 Å². The highest BCUT2D eigenvalue weighted by molar-refractivity contribution is 7.88. The molecule has 1 aromatic heterocycles. The van der Waals surface area contributed by atoms with Crippen LogP contribution in [0.15, 0.2) is 41.0 Å². The normalized spacial score (nSPS) is 11.7. The first kappa shape index (κ1) is 17.2. The molecule has 0 spiro atoms. The first-order chi connectivity index (χ1) is 10.8. The van der Waals surface area contributed by atoms with Gasteiger partial charge in [0.25, 0.3) is 0 Å². The summed E-state index contributed by atoms with van der Waals surface area (Å²) >= 11 is 0. The first-order valence-corrected chi connectivity index (χ1v) is 8.96. The molecule has 0 fully saturated rings. The topological polar surface area (TPSA) is 79.6 Å². The third kappa shape index (κ3) is 4.67. The number of aryl methyl sites for hydroxylation is 1. The summed E-state index contributed by atoms with van der Waals surface area (Å²) in [5, 5.41) is 2.76. The van der Waals surface area contributed by atoms with Crippen LogP contribution >= 0.6 is 0 Å². The van der Waals surface area contributed by atoms with Crippen LogP contribution in [0.1, 0.15) is 16.9 Å². The maximum atomic E-state index is 12.2. The van der Waals surface area contributed by atoms with Crippen LogP contribution in [-0.2, 0) is 21.4 Å². The molecule has 1 aromatic carbocycles. The van der Waals surface area contributed by atoms with Gasteiger partial charge in [-0.15, -0.1) is 0 Å². The van der Waals surface area contributed by atoms with Gasteiger partial charge in [0, 0.05) is 5.69 Å². The molecule has 6 nitrogen and oxygen atoms in total. The number of hydrogen-bond acceptors (Lipinski definition) is 4. The minimum Gasteiger partial charge on any atom is -0.468 e. The molecule has 7 heteroatoms. The summed E-state index contributed by atoms with van der Waals surface area (Å²) in [5.41, 5.74) is 2.69. The van der Waals surface area contributed by atoms with Crippen molar-refractivity contribution < 1.29 is 17.6 Å². The third-order valence-corrected chi connectivity index (χ3v) is 4.78. The van der Waals surface area contributed by atoms with Crippen molar-refractivity contribution in [2.45, 2.75) is 20.4 Å². The smallest absolute Gasteiger partial charge is 0.239 e. The molecule has 0 aliphatic rings. The minimum absolute atomic E-state index is 0.0199. The quantitative estimate of drug-likeness (QED) is 0.878. The fourth-order valence-corrected chi connectivity index (χ4v) is 2.82. The van der Waals surface area contributed by atoms with E-state index in [-0.39, 0.29) is 13.1 Å². The van der Waals surface area contributed by atoms with Gasteiger partial charge >= 0.3 is 0 Å². The Labute approximate surface area is 136 Å². The summed E-state index contributed by atoms with van der Waals surface area (Å²) in [6.45, 7) is 3.60. The second kappa shape index (κ2) is 6.97.